The maximum atomic E-state index is 9.31. The fourth-order valence-corrected chi connectivity index (χ4v) is 8.91. The average molecular weight is 787 g/mol. The molecule has 0 amide bonds. The fraction of sp³-hybridized carbons (Fsp3) is 0.0526. The van der Waals surface area contributed by atoms with Gasteiger partial charge in [0.25, 0.3) is 0 Å². The molecular formula is C57H46N4. The van der Waals surface area contributed by atoms with E-state index in [1.807, 2.05) is 73.1 Å². The smallest absolute Gasteiger partial charge is 0.0690 e. The largest absolute Gasteiger partial charge is 0.309 e. The third kappa shape index (κ3) is 6.88. The van der Waals surface area contributed by atoms with Crippen LogP contribution in [0.5, 0.6) is 0 Å². The zero-order valence-electron chi connectivity index (χ0n) is 34.4. The van der Waals surface area contributed by atoms with Gasteiger partial charge >= 0.3 is 0 Å². The van der Waals surface area contributed by atoms with E-state index in [9.17, 15) is 5.41 Å². The highest BCUT2D eigenvalue weighted by Crippen LogP contribution is 2.44. The van der Waals surface area contributed by atoms with Crippen molar-refractivity contribution in [2.24, 2.45) is 4.99 Å². The van der Waals surface area contributed by atoms with Crippen molar-refractivity contribution < 1.29 is 0 Å². The Kier molecular flexibility index (Phi) is 10.4. The molecule has 0 fully saturated rings. The van der Waals surface area contributed by atoms with Gasteiger partial charge in [-0.05, 0) is 132 Å². The first-order valence-electron chi connectivity index (χ1n) is 20.6. The molecule has 1 N–H and O–H groups in total. The molecular weight excluding hydrogens is 741 g/mol. The van der Waals surface area contributed by atoms with Gasteiger partial charge in [-0.2, -0.15) is 0 Å². The minimum Gasteiger partial charge on any atom is -0.309 e. The molecule has 5 aromatic carbocycles. The van der Waals surface area contributed by atoms with Crippen molar-refractivity contribution in [2.45, 2.75) is 19.8 Å². The van der Waals surface area contributed by atoms with E-state index in [2.05, 4.69) is 151 Å². The van der Waals surface area contributed by atoms with Crippen molar-refractivity contribution in [1.29, 1.82) is 5.41 Å². The molecule has 7 aromatic rings. The zero-order valence-corrected chi connectivity index (χ0v) is 34.4. The van der Waals surface area contributed by atoms with Gasteiger partial charge in [0, 0.05) is 56.6 Å². The number of rotatable bonds is 9. The lowest BCUT2D eigenvalue weighted by Crippen LogP contribution is -2.05. The highest BCUT2D eigenvalue weighted by atomic mass is 15.0. The minimum atomic E-state index is 0.483. The van der Waals surface area contributed by atoms with Crippen molar-refractivity contribution in [1.82, 2.24) is 9.13 Å². The SMILES string of the molecule is C=C\C=C/C1=C\C=C/c2c(n(/C(C=C)=C/C=C)c3cc4c(cc23)CCc2cc3c5cc(C(=N)c6ccccc6C=C)ccc5n(-c5ccccc5)c3cc2-4)\C=C/N=C/C=C\1C. The first-order valence-corrected chi connectivity index (χ1v) is 20.6. The van der Waals surface area contributed by atoms with Gasteiger partial charge in [0.1, 0.15) is 0 Å². The second-order valence-electron chi connectivity index (χ2n) is 15.3. The van der Waals surface area contributed by atoms with Crippen LogP contribution in [0.15, 0.2) is 200 Å². The molecule has 2 aromatic heterocycles. The molecule has 0 unspecified atom stereocenters. The van der Waals surface area contributed by atoms with Crippen LogP contribution in [0.3, 0.4) is 0 Å². The number of nitrogens with zero attached hydrogens (tertiary/aromatic N) is 3. The number of nitrogens with one attached hydrogen (secondary N) is 1. The monoisotopic (exact) mass is 786 g/mol. The highest BCUT2D eigenvalue weighted by molar-refractivity contribution is 6.18. The van der Waals surface area contributed by atoms with Crippen LogP contribution in [-0.2, 0) is 12.8 Å². The van der Waals surface area contributed by atoms with Gasteiger partial charge in [0.2, 0.25) is 0 Å². The van der Waals surface area contributed by atoms with Gasteiger partial charge in [-0.3, -0.25) is 10.4 Å². The third-order valence-electron chi connectivity index (χ3n) is 11.9. The topological polar surface area (TPSA) is 46.1 Å². The predicted molar refractivity (Wildman–Crippen MR) is 264 cm³/mol. The van der Waals surface area contributed by atoms with E-state index < -0.39 is 0 Å². The summed E-state index contributed by atoms with van der Waals surface area (Å²) in [5, 5.41) is 12.8. The van der Waals surface area contributed by atoms with Crippen LogP contribution in [-0.4, -0.2) is 21.1 Å². The number of aromatic nitrogens is 2. The Balaban J connectivity index is 1.29. The Labute approximate surface area is 357 Å². The second-order valence-corrected chi connectivity index (χ2v) is 15.3. The van der Waals surface area contributed by atoms with Crippen molar-refractivity contribution in [3.8, 4) is 16.8 Å². The van der Waals surface area contributed by atoms with E-state index >= 15 is 0 Å². The Morgan fingerprint density at radius 2 is 1.48 bits per heavy atom. The van der Waals surface area contributed by atoms with Crippen molar-refractivity contribution in [3.63, 3.8) is 0 Å². The van der Waals surface area contributed by atoms with Crippen LogP contribution in [0.2, 0.25) is 0 Å². The Bertz CT molecular complexity index is 3210. The Hall–Kier alpha value is -7.82. The molecule has 4 heteroatoms. The predicted octanol–water partition coefficient (Wildman–Crippen LogP) is 14.5. The number of allylic oxidation sites excluding steroid dienone is 12. The molecule has 0 saturated carbocycles. The summed E-state index contributed by atoms with van der Waals surface area (Å²) in [5.41, 5.74) is 17.9. The van der Waals surface area contributed by atoms with E-state index in [0.29, 0.717) is 5.71 Å². The lowest BCUT2D eigenvalue weighted by Gasteiger charge is -2.22. The highest BCUT2D eigenvalue weighted by Gasteiger charge is 2.25. The first-order chi connectivity index (χ1) is 29.9. The summed E-state index contributed by atoms with van der Waals surface area (Å²) in [6.45, 7) is 18.3. The van der Waals surface area contributed by atoms with Gasteiger partial charge in [-0.25, -0.2) is 0 Å². The summed E-state index contributed by atoms with van der Waals surface area (Å²) in [6, 6.07) is 34.6. The number of benzene rings is 5. The molecule has 294 valence electrons. The average Bonchev–Trinajstić information content (AvgIpc) is 3.77. The number of aryl methyl sites for hydroxylation is 2. The summed E-state index contributed by atoms with van der Waals surface area (Å²) in [7, 11) is 0. The quantitative estimate of drug-likeness (QED) is 0.112. The number of fused-ring (bicyclic) bond motifs is 9. The van der Waals surface area contributed by atoms with Gasteiger partial charge in [-0.1, -0.05) is 123 Å². The van der Waals surface area contributed by atoms with Crippen LogP contribution in [0.25, 0.3) is 73.4 Å². The number of aliphatic imine (C=N–C) groups is 1. The summed E-state index contributed by atoms with van der Waals surface area (Å²) >= 11 is 0. The van der Waals surface area contributed by atoms with Gasteiger partial charge in [-0.15, -0.1) is 0 Å². The number of hydrogen-bond acceptors (Lipinski definition) is 2. The van der Waals surface area contributed by atoms with Gasteiger partial charge < -0.3 is 9.13 Å². The summed E-state index contributed by atoms with van der Waals surface area (Å²) < 4.78 is 4.65. The van der Waals surface area contributed by atoms with E-state index in [-0.39, 0.29) is 0 Å². The van der Waals surface area contributed by atoms with Crippen molar-refractivity contribution in [2.75, 3.05) is 0 Å². The molecule has 0 bridgehead atoms. The molecule has 1 aliphatic heterocycles. The van der Waals surface area contributed by atoms with Crippen LogP contribution < -0.4 is 0 Å². The summed E-state index contributed by atoms with van der Waals surface area (Å²) in [6.07, 6.45) is 29.5. The molecule has 0 spiro atoms. The van der Waals surface area contributed by atoms with Crippen LogP contribution in [0.4, 0.5) is 0 Å². The maximum Gasteiger partial charge on any atom is 0.0690 e. The van der Waals surface area contributed by atoms with E-state index in [0.717, 1.165) is 90.6 Å². The van der Waals surface area contributed by atoms with Crippen molar-refractivity contribution >= 4 is 68.6 Å². The normalized spacial score (nSPS) is 17.2. The minimum absolute atomic E-state index is 0.483. The Morgan fingerprint density at radius 3 is 2.23 bits per heavy atom. The number of para-hydroxylation sites is 1. The molecule has 9 rings (SSSR count). The lowest BCUT2D eigenvalue weighted by molar-refractivity contribution is 0.946. The van der Waals surface area contributed by atoms with Gasteiger partial charge in [0.05, 0.1) is 28.0 Å². The fourth-order valence-electron chi connectivity index (χ4n) is 8.91. The zero-order chi connectivity index (χ0) is 42.0. The van der Waals surface area contributed by atoms with Crippen LogP contribution in [0, 0.1) is 5.41 Å². The van der Waals surface area contributed by atoms with E-state index in [1.54, 1.807) is 6.08 Å². The molecule has 3 heterocycles. The van der Waals surface area contributed by atoms with Crippen molar-refractivity contribution in [3.05, 3.63) is 234 Å². The standard InChI is InChI=1S/C57H46N4/c1-6-10-18-40-20-16-24-47-50-33-41-25-26-42-34-52-51-35-43(57(58)46-23-15-14-19-39(46)8-3)27-28-53(51)61(45-21-12-11-13-22-45)56(52)37-49(42)48(41)36-55(50)60(44(9-4)17-7-2)54(47)30-32-59-31-29-38(40)5/h6-24,27-37,58H,1-4,25-26H2,5H3/b18-10-,20-16?,24-16-,31-29?,32-30-,38-29-,40-20+,40-38?,44-17+,47-24?,54-30?,58-57?,59-31+,59-32?. The first kappa shape index (κ1) is 38.7. The van der Waals surface area contributed by atoms with Crippen LogP contribution in [0.1, 0.15) is 46.0 Å². The second kappa shape index (κ2) is 16.4. The molecule has 4 nitrogen and oxygen atoms in total. The van der Waals surface area contributed by atoms with E-state index in [1.165, 1.54) is 27.6 Å². The summed E-state index contributed by atoms with van der Waals surface area (Å²) in [4.78, 5) is 4.66. The molecule has 0 atom stereocenters. The van der Waals surface area contributed by atoms with Crippen LogP contribution >= 0.6 is 0 Å². The molecule has 61 heavy (non-hydrogen) atoms. The van der Waals surface area contributed by atoms with E-state index in [4.69, 9.17) is 0 Å². The summed E-state index contributed by atoms with van der Waals surface area (Å²) in [5.74, 6) is 0. The maximum absolute atomic E-state index is 9.31. The van der Waals surface area contributed by atoms with Gasteiger partial charge in [0.15, 0.2) is 0 Å². The lowest BCUT2D eigenvalue weighted by atomic mass is 9.83. The molecule has 0 saturated heterocycles. The third-order valence-corrected chi connectivity index (χ3v) is 11.9. The Morgan fingerprint density at radius 1 is 0.738 bits per heavy atom. The molecule has 1 aliphatic carbocycles. The molecule has 2 aliphatic rings. The number of hydrogen-bond donors (Lipinski definition) is 1. The molecule has 0 radical (unpaired) electrons.